The molecule has 0 saturated carbocycles. The molecule has 0 atom stereocenters. The molecule has 6 heteroatoms. The average molecular weight is 291 g/mol. The maximum atomic E-state index is 12.7. The third-order valence-electron chi connectivity index (χ3n) is 3.39. The van der Waals surface area contributed by atoms with Crippen molar-refractivity contribution in [3.63, 3.8) is 0 Å². The number of nitrogen functional groups attached to an aromatic ring is 1. The monoisotopic (exact) mass is 291 g/mol. The van der Waals surface area contributed by atoms with Gasteiger partial charge >= 0.3 is 0 Å². The number of nitrogens with zero attached hydrogens (tertiary/aromatic N) is 2. The van der Waals surface area contributed by atoms with Gasteiger partial charge in [0.1, 0.15) is 10.4 Å². The van der Waals surface area contributed by atoms with E-state index >= 15 is 0 Å². The minimum Gasteiger partial charge on any atom is -0.396 e. The van der Waals surface area contributed by atoms with Crippen LogP contribution in [0.2, 0.25) is 0 Å². The lowest BCUT2D eigenvalue weighted by Crippen LogP contribution is -2.50. The van der Waals surface area contributed by atoms with E-state index < -0.39 is 0 Å². The van der Waals surface area contributed by atoms with Gasteiger partial charge < -0.3 is 15.4 Å². The van der Waals surface area contributed by atoms with Gasteiger partial charge in [-0.3, -0.25) is 9.78 Å². The number of amides is 1. The quantitative estimate of drug-likeness (QED) is 0.874. The summed E-state index contributed by atoms with van der Waals surface area (Å²) in [6.07, 6.45) is 1.69. The second-order valence-corrected chi connectivity index (χ2v) is 6.58. The SMILES string of the molecule is CC1(C)CN(C(=O)c2sc3cccnc3c2N)CCO1. The molecule has 20 heavy (non-hydrogen) atoms. The molecule has 0 unspecified atom stereocenters. The number of pyridine rings is 1. The Hall–Kier alpha value is -1.66. The zero-order valence-electron chi connectivity index (χ0n) is 11.5. The summed E-state index contributed by atoms with van der Waals surface area (Å²) < 4.78 is 6.58. The van der Waals surface area contributed by atoms with Gasteiger partial charge in [-0.2, -0.15) is 0 Å². The summed E-state index contributed by atoms with van der Waals surface area (Å²) in [6.45, 7) is 5.71. The van der Waals surface area contributed by atoms with Crippen LogP contribution >= 0.6 is 11.3 Å². The Morgan fingerprint density at radius 2 is 2.35 bits per heavy atom. The molecule has 1 aliphatic heterocycles. The molecule has 106 valence electrons. The van der Waals surface area contributed by atoms with Crippen molar-refractivity contribution in [3.8, 4) is 0 Å². The minimum atomic E-state index is -0.308. The topological polar surface area (TPSA) is 68.5 Å². The van der Waals surface area contributed by atoms with E-state index in [0.29, 0.717) is 35.8 Å². The van der Waals surface area contributed by atoms with E-state index in [4.69, 9.17) is 10.5 Å². The van der Waals surface area contributed by atoms with Gasteiger partial charge in [-0.25, -0.2) is 0 Å². The van der Waals surface area contributed by atoms with E-state index in [9.17, 15) is 4.79 Å². The van der Waals surface area contributed by atoms with Gasteiger partial charge in [0.15, 0.2) is 0 Å². The lowest BCUT2D eigenvalue weighted by Gasteiger charge is -2.38. The Bertz CT molecular complexity index is 665. The molecule has 0 aliphatic carbocycles. The van der Waals surface area contributed by atoms with E-state index in [-0.39, 0.29) is 11.5 Å². The lowest BCUT2D eigenvalue weighted by atomic mass is 10.1. The number of thiophene rings is 1. The molecule has 1 fully saturated rings. The smallest absolute Gasteiger partial charge is 0.266 e. The zero-order chi connectivity index (χ0) is 14.3. The fourth-order valence-electron chi connectivity index (χ4n) is 2.44. The first-order valence-electron chi connectivity index (χ1n) is 6.54. The molecular weight excluding hydrogens is 274 g/mol. The summed E-state index contributed by atoms with van der Waals surface area (Å²) in [5.74, 6) is -0.0260. The van der Waals surface area contributed by atoms with Gasteiger partial charge in [0.2, 0.25) is 0 Å². The van der Waals surface area contributed by atoms with Gasteiger partial charge in [0.05, 0.1) is 22.6 Å². The van der Waals surface area contributed by atoms with Crippen LogP contribution in [-0.4, -0.2) is 41.1 Å². The van der Waals surface area contributed by atoms with Gasteiger partial charge in [0, 0.05) is 19.3 Å². The maximum absolute atomic E-state index is 12.7. The van der Waals surface area contributed by atoms with Gasteiger partial charge in [0.25, 0.3) is 5.91 Å². The van der Waals surface area contributed by atoms with Crippen molar-refractivity contribution in [1.29, 1.82) is 0 Å². The number of aromatic nitrogens is 1. The van der Waals surface area contributed by atoms with Crippen molar-refractivity contribution < 1.29 is 9.53 Å². The Morgan fingerprint density at radius 1 is 1.55 bits per heavy atom. The van der Waals surface area contributed by atoms with Crippen LogP contribution in [0.4, 0.5) is 5.69 Å². The van der Waals surface area contributed by atoms with Crippen molar-refractivity contribution in [2.24, 2.45) is 0 Å². The van der Waals surface area contributed by atoms with Crippen molar-refractivity contribution >= 4 is 33.1 Å². The molecule has 2 N–H and O–H groups in total. The highest BCUT2D eigenvalue weighted by Crippen LogP contribution is 2.33. The Morgan fingerprint density at radius 3 is 3.05 bits per heavy atom. The molecule has 0 radical (unpaired) electrons. The molecule has 3 heterocycles. The third-order valence-corrected chi connectivity index (χ3v) is 4.54. The normalized spacial score (nSPS) is 18.4. The standard InChI is InChI=1S/C14H17N3O2S/c1-14(2)8-17(6-7-19-14)13(18)12-10(15)11-9(20-12)4-3-5-16-11/h3-5H,6-8,15H2,1-2H3. The molecular formula is C14H17N3O2S. The van der Waals surface area contributed by atoms with Crippen LogP contribution < -0.4 is 5.73 Å². The fraction of sp³-hybridized carbons (Fsp3) is 0.429. The second-order valence-electron chi connectivity index (χ2n) is 5.53. The first kappa shape index (κ1) is 13.3. The number of rotatable bonds is 1. The van der Waals surface area contributed by atoms with Crippen molar-refractivity contribution in [2.75, 3.05) is 25.4 Å². The Balaban J connectivity index is 1.94. The second kappa shape index (κ2) is 4.71. The summed E-state index contributed by atoms with van der Waals surface area (Å²) in [4.78, 5) is 19.3. The number of fused-ring (bicyclic) bond motifs is 1. The lowest BCUT2D eigenvalue weighted by molar-refractivity contribution is -0.0762. The summed E-state index contributed by atoms with van der Waals surface area (Å²) in [5.41, 5.74) is 6.98. The number of hydrogen-bond donors (Lipinski definition) is 1. The van der Waals surface area contributed by atoms with Gasteiger partial charge in [-0.05, 0) is 26.0 Å². The highest BCUT2D eigenvalue weighted by molar-refractivity contribution is 7.21. The number of morpholine rings is 1. The third kappa shape index (κ3) is 2.25. The fourth-order valence-corrected chi connectivity index (χ4v) is 3.49. The predicted octanol–water partition coefficient (Wildman–Crippen LogP) is 2.13. The molecule has 1 saturated heterocycles. The van der Waals surface area contributed by atoms with Crippen LogP contribution in [0, 0.1) is 0 Å². The molecule has 1 aliphatic rings. The number of carbonyl (C=O) groups is 1. The van der Waals surface area contributed by atoms with Crippen LogP contribution in [0.15, 0.2) is 18.3 Å². The average Bonchev–Trinajstić information content (AvgIpc) is 2.75. The highest BCUT2D eigenvalue weighted by Gasteiger charge is 2.32. The zero-order valence-corrected chi connectivity index (χ0v) is 12.4. The molecule has 0 bridgehead atoms. The molecule has 5 nitrogen and oxygen atoms in total. The summed E-state index contributed by atoms with van der Waals surface area (Å²) in [5, 5.41) is 0. The summed E-state index contributed by atoms with van der Waals surface area (Å²) in [7, 11) is 0. The molecule has 1 amide bonds. The van der Waals surface area contributed by atoms with Crippen LogP contribution in [0.1, 0.15) is 23.5 Å². The van der Waals surface area contributed by atoms with E-state index in [0.717, 1.165) is 4.70 Å². The Labute approximate surface area is 121 Å². The van der Waals surface area contributed by atoms with Crippen molar-refractivity contribution in [2.45, 2.75) is 19.4 Å². The molecule has 2 aromatic rings. The van der Waals surface area contributed by atoms with Crippen LogP contribution in [0.25, 0.3) is 10.2 Å². The highest BCUT2D eigenvalue weighted by atomic mass is 32.1. The molecule has 0 spiro atoms. The first-order chi connectivity index (χ1) is 9.48. The molecule has 3 rings (SSSR count). The first-order valence-corrected chi connectivity index (χ1v) is 7.36. The van der Waals surface area contributed by atoms with Crippen molar-refractivity contribution in [1.82, 2.24) is 9.88 Å². The number of carbonyl (C=O) groups excluding carboxylic acids is 1. The number of nitrogens with two attached hydrogens (primary N) is 1. The Kier molecular flexibility index (Phi) is 3.14. The van der Waals surface area contributed by atoms with E-state index in [1.807, 2.05) is 30.9 Å². The van der Waals surface area contributed by atoms with Crippen LogP contribution in [0.5, 0.6) is 0 Å². The number of hydrogen-bond acceptors (Lipinski definition) is 5. The molecule has 2 aromatic heterocycles. The summed E-state index contributed by atoms with van der Waals surface area (Å²) >= 11 is 1.41. The molecule has 0 aromatic carbocycles. The number of anilines is 1. The largest absolute Gasteiger partial charge is 0.396 e. The van der Waals surface area contributed by atoms with E-state index in [2.05, 4.69) is 4.98 Å². The number of ether oxygens (including phenoxy) is 1. The maximum Gasteiger partial charge on any atom is 0.266 e. The van der Waals surface area contributed by atoms with Gasteiger partial charge in [-0.1, -0.05) is 0 Å². The van der Waals surface area contributed by atoms with Crippen LogP contribution in [0.3, 0.4) is 0 Å². The predicted molar refractivity (Wildman–Crippen MR) is 80.0 cm³/mol. The van der Waals surface area contributed by atoms with E-state index in [1.165, 1.54) is 11.3 Å². The summed E-state index contributed by atoms with van der Waals surface area (Å²) in [6, 6.07) is 3.79. The van der Waals surface area contributed by atoms with E-state index in [1.54, 1.807) is 6.20 Å². The van der Waals surface area contributed by atoms with Crippen LogP contribution in [-0.2, 0) is 4.74 Å². The van der Waals surface area contributed by atoms with Crippen molar-refractivity contribution in [3.05, 3.63) is 23.2 Å². The minimum absolute atomic E-state index is 0.0260. The van der Waals surface area contributed by atoms with Gasteiger partial charge in [-0.15, -0.1) is 11.3 Å².